The van der Waals surface area contributed by atoms with Gasteiger partial charge in [0.2, 0.25) is 5.88 Å². The first-order valence-corrected chi connectivity index (χ1v) is 5.01. The third kappa shape index (κ3) is 2.70. The van der Waals surface area contributed by atoms with Gasteiger partial charge in [-0.1, -0.05) is 35.9 Å². The smallest absolute Gasteiger partial charge is 0.213 e. The molecule has 2 rings (SSSR count). The number of aromatic nitrogens is 1. The van der Waals surface area contributed by atoms with Gasteiger partial charge in [0, 0.05) is 22.8 Å². The first-order chi connectivity index (χ1) is 7.36. The molecule has 0 amide bonds. The van der Waals surface area contributed by atoms with Crippen molar-refractivity contribution in [2.45, 2.75) is 6.61 Å². The zero-order valence-corrected chi connectivity index (χ0v) is 8.82. The van der Waals surface area contributed by atoms with Gasteiger partial charge in [-0.15, -0.1) is 0 Å². The Hall–Kier alpha value is -1.54. The summed E-state index contributed by atoms with van der Waals surface area (Å²) >= 11 is 5.99. The van der Waals surface area contributed by atoms with Crippen LogP contribution in [0.3, 0.4) is 0 Å². The molecule has 0 saturated heterocycles. The molecule has 0 N–H and O–H groups in total. The van der Waals surface area contributed by atoms with Crippen molar-refractivity contribution in [3.8, 4) is 5.88 Å². The van der Waals surface area contributed by atoms with E-state index < -0.39 is 0 Å². The van der Waals surface area contributed by atoms with Gasteiger partial charge in [0.25, 0.3) is 0 Å². The summed E-state index contributed by atoms with van der Waals surface area (Å²) in [5.41, 5.74) is 0.963. The molecule has 15 heavy (non-hydrogen) atoms. The molecule has 0 aliphatic rings. The topological polar surface area (TPSA) is 22.1 Å². The molecule has 0 radical (unpaired) electrons. The summed E-state index contributed by atoms with van der Waals surface area (Å²) in [6.07, 6.45) is 1.70. The van der Waals surface area contributed by atoms with E-state index in [0.29, 0.717) is 17.5 Å². The number of halogens is 1. The van der Waals surface area contributed by atoms with Gasteiger partial charge < -0.3 is 4.74 Å². The van der Waals surface area contributed by atoms with Gasteiger partial charge in [-0.05, 0) is 12.1 Å². The van der Waals surface area contributed by atoms with Crippen LogP contribution in [0.1, 0.15) is 5.56 Å². The molecule has 0 atom stereocenters. The molecule has 0 bridgehead atoms. The molecular weight excluding hydrogens is 210 g/mol. The third-order valence-corrected chi connectivity index (χ3v) is 2.34. The maximum atomic E-state index is 5.99. The summed E-state index contributed by atoms with van der Waals surface area (Å²) in [6, 6.07) is 13.2. The lowest BCUT2D eigenvalue weighted by atomic mass is 10.2. The van der Waals surface area contributed by atoms with Crippen LogP contribution in [0.4, 0.5) is 0 Å². The van der Waals surface area contributed by atoms with Crippen LogP contribution in [0.15, 0.2) is 48.7 Å². The first-order valence-electron chi connectivity index (χ1n) is 4.63. The van der Waals surface area contributed by atoms with E-state index >= 15 is 0 Å². The summed E-state index contributed by atoms with van der Waals surface area (Å²) in [7, 11) is 0. The Labute approximate surface area is 93.5 Å². The summed E-state index contributed by atoms with van der Waals surface area (Å²) in [5, 5.41) is 0.716. The fourth-order valence-electron chi connectivity index (χ4n) is 1.20. The molecule has 0 aliphatic carbocycles. The van der Waals surface area contributed by atoms with Crippen LogP contribution in [0.5, 0.6) is 5.88 Å². The minimum absolute atomic E-state index is 0.441. The monoisotopic (exact) mass is 219 g/mol. The second kappa shape index (κ2) is 4.80. The number of rotatable bonds is 3. The standard InChI is InChI=1S/C12H10ClNO/c13-11-6-2-1-5-10(11)9-15-12-7-3-4-8-14-12/h1-8H,9H2. The Morgan fingerprint density at radius 2 is 1.87 bits per heavy atom. The van der Waals surface area contributed by atoms with Gasteiger partial charge in [-0.2, -0.15) is 0 Å². The van der Waals surface area contributed by atoms with Crippen molar-refractivity contribution in [1.29, 1.82) is 0 Å². The van der Waals surface area contributed by atoms with Crippen LogP contribution < -0.4 is 4.74 Å². The molecule has 0 aliphatic heterocycles. The number of nitrogens with zero attached hydrogens (tertiary/aromatic N) is 1. The molecule has 0 saturated carbocycles. The predicted octanol–water partition coefficient (Wildman–Crippen LogP) is 3.31. The van der Waals surface area contributed by atoms with Crippen molar-refractivity contribution in [3.05, 3.63) is 59.2 Å². The predicted molar refractivity (Wildman–Crippen MR) is 60.0 cm³/mol. The van der Waals surface area contributed by atoms with Crippen LogP contribution in [-0.2, 0) is 6.61 Å². The normalized spacial score (nSPS) is 9.93. The minimum Gasteiger partial charge on any atom is -0.473 e. The molecule has 0 fully saturated rings. The van der Waals surface area contributed by atoms with E-state index in [2.05, 4.69) is 4.98 Å². The van der Waals surface area contributed by atoms with Crippen LogP contribution in [-0.4, -0.2) is 4.98 Å². The molecule has 2 nitrogen and oxygen atoms in total. The van der Waals surface area contributed by atoms with Crippen molar-refractivity contribution >= 4 is 11.6 Å². The quantitative estimate of drug-likeness (QED) is 0.790. The maximum Gasteiger partial charge on any atom is 0.213 e. The van der Waals surface area contributed by atoms with Crippen molar-refractivity contribution in [2.24, 2.45) is 0 Å². The van der Waals surface area contributed by atoms with Gasteiger partial charge in [0.1, 0.15) is 6.61 Å². The molecule has 76 valence electrons. The lowest BCUT2D eigenvalue weighted by molar-refractivity contribution is 0.294. The fourth-order valence-corrected chi connectivity index (χ4v) is 1.39. The second-order valence-electron chi connectivity index (χ2n) is 3.05. The summed E-state index contributed by atoms with van der Waals surface area (Å²) < 4.78 is 5.48. The number of benzene rings is 1. The average molecular weight is 220 g/mol. The maximum absolute atomic E-state index is 5.99. The Morgan fingerprint density at radius 1 is 1.07 bits per heavy atom. The van der Waals surface area contributed by atoms with Crippen molar-refractivity contribution in [3.63, 3.8) is 0 Å². The molecule has 1 heterocycles. The zero-order valence-electron chi connectivity index (χ0n) is 8.06. The highest BCUT2D eigenvalue weighted by molar-refractivity contribution is 6.31. The summed E-state index contributed by atoms with van der Waals surface area (Å²) in [6.45, 7) is 0.441. The largest absolute Gasteiger partial charge is 0.473 e. The highest BCUT2D eigenvalue weighted by Gasteiger charge is 1.99. The van der Waals surface area contributed by atoms with E-state index in [1.807, 2.05) is 42.5 Å². The summed E-state index contributed by atoms with van der Waals surface area (Å²) in [4.78, 5) is 4.06. The minimum atomic E-state index is 0.441. The van der Waals surface area contributed by atoms with Gasteiger partial charge in [-0.3, -0.25) is 0 Å². The van der Waals surface area contributed by atoms with Crippen LogP contribution in [0.2, 0.25) is 5.02 Å². The van der Waals surface area contributed by atoms with Crippen LogP contribution in [0, 0.1) is 0 Å². The number of hydrogen-bond acceptors (Lipinski definition) is 2. The van der Waals surface area contributed by atoms with E-state index in [1.165, 1.54) is 0 Å². The molecule has 1 aromatic heterocycles. The molecule has 3 heteroatoms. The summed E-state index contributed by atoms with van der Waals surface area (Å²) in [5.74, 6) is 0.609. The van der Waals surface area contributed by atoms with E-state index in [1.54, 1.807) is 6.20 Å². The Balaban J connectivity index is 2.03. The second-order valence-corrected chi connectivity index (χ2v) is 3.46. The van der Waals surface area contributed by atoms with E-state index in [9.17, 15) is 0 Å². The van der Waals surface area contributed by atoms with Crippen molar-refractivity contribution in [2.75, 3.05) is 0 Å². The van der Waals surface area contributed by atoms with E-state index in [-0.39, 0.29) is 0 Å². The van der Waals surface area contributed by atoms with Gasteiger partial charge in [0.15, 0.2) is 0 Å². The molecular formula is C12H10ClNO. The number of pyridine rings is 1. The Kier molecular flexibility index (Phi) is 3.20. The van der Waals surface area contributed by atoms with E-state index in [4.69, 9.17) is 16.3 Å². The fraction of sp³-hybridized carbons (Fsp3) is 0.0833. The van der Waals surface area contributed by atoms with Gasteiger partial charge >= 0.3 is 0 Å². The Morgan fingerprint density at radius 3 is 2.60 bits per heavy atom. The average Bonchev–Trinajstić information content (AvgIpc) is 2.29. The highest BCUT2D eigenvalue weighted by atomic mass is 35.5. The van der Waals surface area contributed by atoms with Crippen molar-refractivity contribution < 1.29 is 4.74 Å². The number of ether oxygens (including phenoxy) is 1. The SMILES string of the molecule is Clc1ccccc1COc1ccccn1. The third-order valence-electron chi connectivity index (χ3n) is 1.97. The number of hydrogen-bond donors (Lipinski definition) is 0. The van der Waals surface area contributed by atoms with Gasteiger partial charge in [-0.25, -0.2) is 4.98 Å². The van der Waals surface area contributed by atoms with E-state index in [0.717, 1.165) is 5.56 Å². The highest BCUT2D eigenvalue weighted by Crippen LogP contribution is 2.16. The van der Waals surface area contributed by atoms with Crippen molar-refractivity contribution in [1.82, 2.24) is 4.98 Å². The molecule has 0 spiro atoms. The zero-order chi connectivity index (χ0) is 10.5. The first kappa shape index (κ1) is 9.99. The Bertz CT molecular complexity index is 431. The molecule has 1 aromatic carbocycles. The van der Waals surface area contributed by atoms with Crippen LogP contribution >= 0.6 is 11.6 Å². The lowest BCUT2D eigenvalue weighted by Crippen LogP contribution is -1.97. The molecule has 0 unspecified atom stereocenters. The van der Waals surface area contributed by atoms with Gasteiger partial charge in [0.05, 0.1) is 0 Å². The van der Waals surface area contributed by atoms with Crippen LogP contribution in [0.25, 0.3) is 0 Å². The molecule has 2 aromatic rings. The lowest BCUT2D eigenvalue weighted by Gasteiger charge is -2.05.